The Labute approximate surface area is 197 Å². The summed E-state index contributed by atoms with van der Waals surface area (Å²) >= 11 is 12.6. The van der Waals surface area contributed by atoms with Gasteiger partial charge in [-0.25, -0.2) is 0 Å². The zero-order chi connectivity index (χ0) is 22.7. The van der Waals surface area contributed by atoms with Crippen LogP contribution in [0.25, 0.3) is 5.76 Å². The molecule has 1 amide bonds. The molecule has 8 heteroatoms. The van der Waals surface area contributed by atoms with Crippen LogP contribution in [0.15, 0.2) is 54.1 Å². The number of amides is 1. The Morgan fingerprint density at radius 3 is 2.44 bits per heavy atom. The van der Waals surface area contributed by atoms with Crippen LogP contribution >= 0.6 is 23.2 Å². The highest BCUT2D eigenvalue weighted by molar-refractivity contribution is 6.47. The van der Waals surface area contributed by atoms with Crippen molar-refractivity contribution in [2.45, 2.75) is 12.5 Å². The van der Waals surface area contributed by atoms with E-state index in [4.69, 9.17) is 27.9 Å². The number of aliphatic hydroxyl groups is 1. The smallest absolute Gasteiger partial charge is 0.295 e. The zero-order valence-corrected chi connectivity index (χ0v) is 19.0. The Hall–Kier alpha value is -2.38. The van der Waals surface area contributed by atoms with Crippen molar-refractivity contribution < 1.29 is 19.4 Å². The number of likely N-dealkylation sites (tertiary alicyclic amines) is 1. The quantitative estimate of drug-likeness (QED) is 0.387. The summed E-state index contributed by atoms with van der Waals surface area (Å²) in [5, 5.41) is 11.8. The number of halogens is 2. The molecule has 1 N–H and O–H groups in total. The monoisotopic (exact) mass is 474 g/mol. The van der Waals surface area contributed by atoms with E-state index in [-0.39, 0.29) is 11.3 Å². The summed E-state index contributed by atoms with van der Waals surface area (Å²) in [7, 11) is 0. The molecule has 2 fully saturated rings. The molecule has 0 saturated carbocycles. The molecule has 0 spiro atoms. The number of aliphatic hydroxyl groups excluding tert-OH is 1. The molecule has 2 aromatic rings. The van der Waals surface area contributed by atoms with E-state index in [1.54, 1.807) is 42.5 Å². The number of morpholine rings is 1. The molecule has 2 aromatic carbocycles. The van der Waals surface area contributed by atoms with Gasteiger partial charge in [0.2, 0.25) is 0 Å². The van der Waals surface area contributed by atoms with Gasteiger partial charge in [-0.15, -0.1) is 0 Å². The predicted octanol–water partition coefficient (Wildman–Crippen LogP) is 4.14. The number of nitrogens with zero attached hydrogens (tertiary/aromatic N) is 2. The second kappa shape index (κ2) is 10.0. The van der Waals surface area contributed by atoms with Crippen LogP contribution in [0.4, 0.5) is 0 Å². The van der Waals surface area contributed by atoms with Crippen molar-refractivity contribution in [3.05, 3.63) is 75.3 Å². The van der Waals surface area contributed by atoms with Crippen LogP contribution in [0.2, 0.25) is 10.0 Å². The molecule has 6 nitrogen and oxygen atoms in total. The van der Waals surface area contributed by atoms with E-state index in [2.05, 4.69) is 4.90 Å². The lowest BCUT2D eigenvalue weighted by atomic mass is 9.95. The van der Waals surface area contributed by atoms with Crippen LogP contribution in [0, 0.1) is 0 Å². The molecule has 0 aromatic heterocycles. The van der Waals surface area contributed by atoms with Gasteiger partial charge in [0.15, 0.2) is 0 Å². The number of hydrogen-bond acceptors (Lipinski definition) is 5. The van der Waals surface area contributed by atoms with Crippen LogP contribution < -0.4 is 0 Å². The maximum absolute atomic E-state index is 13.1. The first-order chi connectivity index (χ1) is 15.5. The number of carbonyl (C=O) groups excluding carboxylic acids is 2. The second-order valence-corrected chi connectivity index (χ2v) is 8.68. The number of hydrogen-bond donors (Lipinski definition) is 1. The lowest BCUT2D eigenvalue weighted by Crippen LogP contribution is -2.39. The molecule has 2 saturated heterocycles. The summed E-state index contributed by atoms with van der Waals surface area (Å²) < 4.78 is 5.38. The third-order valence-electron chi connectivity index (χ3n) is 5.82. The molecule has 1 atom stereocenters. The third kappa shape index (κ3) is 4.69. The number of carbonyl (C=O) groups is 2. The van der Waals surface area contributed by atoms with Gasteiger partial charge in [0.05, 0.1) is 24.8 Å². The lowest BCUT2D eigenvalue weighted by Gasteiger charge is -2.29. The van der Waals surface area contributed by atoms with Gasteiger partial charge in [-0.2, -0.15) is 0 Å². The Kier molecular flexibility index (Phi) is 7.16. The maximum atomic E-state index is 13.1. The van der Waals surface area contributed by atoms with E-state index in [0.29, 0.717) is 47.4 Å². The second-order valence-electron chi connectivity index (χ2n) is 7.83. The van der Waals surface area contributed by atoms with Crippen LogP contribution in [-0.2, 0) is 14.3 Å². The number of ketones is 1. The molecule has 0 unspecified atom stereocenters. The highest BCUT2D eigenvalue weighted by atomic mass is 35.5. The highest BCUT2D eigenvalue weighted by Crippen LogP contribution is 2.42. The molecule has 0 bridgehead atoms. The van der Waals surface area contributed by atoms with Crippen molar-refractivity contribution in [2.24, 2.45) is 0 Å². The molecule has 0 aliphatic carbocycles. The fourth-order valence-electron chi connectivity index (χ4n) is 4.20. The van der Waals surface area contributed by atoms with E-state index >= 15 is 0 Å². The Morgan fingerprint density at radius 1 is 1.03 bits per heavy atom. The van der Waals surface area contributed by atoms with Gasteiger partial charge in [0, 0.05) is 41.8 Å². The van der Waals surface area contributed by atoms with E-state index < -0.39 is 17.7 Å². The number of ether oxygens (including phenoxy) is 1. The number of Topliss-reactive ketones (excluding diaryl/α,β-unsaturated/α-hetero) is 1. The first-order valence-corrected chi connectivity index (χ1v) is 11.3. The zero-order valence-electron chi connectivity index (χ0n) is 17.5. The first kappa shape index (κ1) is 22.8. The summed E-state index contributed by atoms with van der Waals surface area (Å²) in [6.07, 6.45) is 0.681. The Morgan fingerprint density at radius 2 is 1.75 bits per heavy atom. The van der Waals surface area contributed by atoms with Gasteiger partial charge in [0.25, 0.3) is 11.7 Å². The van der Waals surface area contributed by atoms with E-state index in [0.717, 1.165) is 19.6 Å². The van der Waals surface area contributed by atoms with Crippen molar-refractivity contribution in [3.63, 3.8) is 0 Å². The van der Waals surface area contributed by atoms with Crippen molar-refractivity contribution in [1.82, 2.24) is 9.80 Å². The molecule has 2 heterocycles. The third-order valence-corrected chi connectivity index (χ3v) is 6.38. The molecule has 0 radical (unpaired) electrons. The molecular formula is C24H24Cl2N2O4. The Bertz CT molecular complexity index is 1040. The van der Waals surface area contributed by atoms with E-state index in [1.165, 1.54) is 4.90 Å². The average Bonchev–Trinajstić information content (AvgIpc) is 3.05. The van der Waals surface area contributed by atoms with Gasteiger partial charge < -0.3 is 14.7 Å². The molecule has 2 aliphatic rings. The predicted molar refractivity (Wildman–Crippen MR) is 124 cm³/mol. The molecule has 4 rings (SSSR count). The van der Waals surface area contributed by atoms with E-state index in [1.807, 2.05) is 6.07 Å². The van der Waals surface area contributed by atoms with Crippen molar-refractivity contribution >= 4 is 40.7 Å². The van der Waals surface area contributed by atoms with Gasteiger partial charge >= 0.3 is 0 Å². The molecule has 32 heavy (non-hydrogen) atoms. The van der Waals surface area contributed by atoms with Crippen molar-refractivity contribution in [1.29, 1.82) is 0 Å². The van der Waals surface area contributed by atoms with Gasteiger partial charge in [-0.3, -0.25) is 14.5 Å². The molecular weight excluding hydrogens is 451 g/mol. The summed E-state index contributed by atoms with van der Waals surface area (Å²) in [4.78, 5) is 29.9. The minimum absolute atomic E-state index is 0.0387. The summed E-state index contributed by atoms with van der Waals surface area (Å²) in [6.45, 7) is 4.23. The summed E-state index contributed by atoms with van der Waals surface area (Å²) in [5.74, 6) is -1.56. The fourth-order valence-corrected chi connectivity index (χ4v) is 4.71. The van der Waals surface area contributed by atoms with Crippen LogP contribution in [0.3, 0.4) is 0 Å². The topological polar surface area (TPSA) is 70.1 Å². The van der Waals surface area contributed by atoms with Gasteiger partial charge in [-0.1, -0.05) is 59.6 Å². The van der Waals surface area contributed by atoms with E-state index in [9.17, 15) is 14.7 Å². The summed E-state index contributed by atoms with van der Waals surface area (Å²) in [5.41, 5.74) is 1.06. The number of benzene rings is 2. The van der Waals surface area contributed by atoms with Gasteiger partial charge in [0.1, 0.15) is 5.76 Å². The normalized spacial score (nSPS) is 21.3. The summed E-state index contributed by atoms with van der Waals surface area (Å²) in [6, 6.07) is 12.9. The standard InChI is InChI=1S/C24H24Cl2N2O4/c25-17-7-8-18(19(26)15-17)21-20(22(29)16-5-2-1-3-6-16)23(30)24(31)28(21)10-4-9-27-11-13-32-14-12-27/h1-3,5-8,15,21,29H,4,9-14H2/b22-20+/t21-/m0/s1. The number of rotatable bonds is 6. The minimum atomic E-state index is -0.787. The first-order valence-electron chi connectivity index (χ1n) is 10.6. The average molecular weight is 475 g/mol. The van der Waals surface area contributed by atoms with Crippen LogP contribution in [0.1, 0.15) is 23.6 Å². The van der Waals surface area contributed by atoms with Crippen LogP contribution in [-0.4, -0.2) is 66.0 Å². The van der Waals surface area contributed by atoms with Gasteiger partial charge in [-0.05, 0) is 24.1 Å². The minimum Gasteiger partial charge on any atom is -0.507 e. The lowest BCUT2D eigenvalue weighted by molar-refractivity contribution is -0.140. The fraction of sp³-hybridized carbons (Fsp3) is 0.333. The molecule has 2 aliphatic heterocycles. The maximum Gasteiger partial charge on any atom is 0.295 e. The Balaban J connectivity index is 1.69. The van der Waals surface area contributed by atoms with Crippen molar-refractivity contribution in [2.75, 3.05) is 39.4 Å². The SMILES string of the molecule is O=C1C(=O)N(CCCN2CCOCC2)[C@@H](c2ccc(Cl)cc2Cl)/C1=C(\O)c1ccccc1. The largest absolute Gasteiger partial charge is 0.507 e. The highest BCUT2D eigenvalue weighted by Gasteiger charge is 2.46. The van der Waals surface area contributed by atoms with Crippen LogP contribution in [0.5, 0.6) is 0 Å². The molecule has 168 valence electrons. The van der Waals surface area contributed by atoms with Crippen molar-refractivity contribution in [3.8, 4) is 0 Å².